The maximum Gasteiger partial charge on any atom is -0.000948 e. The number of rotatable bonds is 3. The van der Waals surface area contributed by atoms with Gasteiger partial charge in [-0.25, -0.2) is 0 Å². The first-order valence-corrected chi connectivity index (χ1v) is 14.8. The third-order valence-corrected chi connectivity index (χ3v) is 9.16. The quantitative estimate of drug-likeness (QED) is 0.292. The van der Waals surface area contributed by atoms with Gasteiger partial charge >= 0.3 is 0 Å². The summed E-state index contributed by atoms with van der Waals surface area (Å²) in [5, 5.41) is 0. The van der Waals surface area contributed by atoms with E-state index in [9.17, 15) is 0 Å². The molecule has 0 saturated heterocycles. The van der Waals surface area contributed by atoms with Gasteiger partial charge in [0.05, 0.1) is 0 Å². The summed E-state index contributed by atoms with van der Waals surface area (Å²) in [6.45, 7) is 28.9. The van der Waals surface area contributed by atoms with Crippen LogP contribution in [0.3, 0.4) is 0 Å². The zero-order valence-corrected chi connectivity index (χ0v) is 26.5. The van der Waals surface area contributed by atoms with Gasteiger partial charge in [0.25, 0.3) is 0 Å². The zero-order valence-electron chi connectivity index (χ0n) is 26.5. The molecule has 3 aromatic carbocycles. The van der Waals surface area contributed by atoms with Gasteiger partial charge in [0.2, 0.25) is 0 Å². The molecule has 2 aliphatic rings. The highest BCUT2D eigenvalue weighted by atomic mass is 14.7. The molecule has 1 fully saturated rings. The fraction of sp³-hybridized carbons (Fsp3) is 0.450. The maximum absolute atomic E-state index is 3.00. The summed E-state index contributed by atoms with van der Waals surface area (Å²) in [5.41, 5.74) is 15.8. The van der Waals surface area contributed by atoms with Crippen LogP contribution in [0.1, 0.15) is 108 Å². The van der Waals surface area contributed by atoms with E-state index < -0.39 is 0 Å². The van der Waals surface area contributed by atoms with Crippen LogP contribution in [0.5, 0.6) is 0 Å². The molecule has 2 aliphatic carbocycles. The van der Waals surface area contributed by atoms with Gasteiger partial charge in [0.1, 0.15) is 0 Å². The molecular weight excluding hydrogens is 480 g/mol. The molecule has 1 saturated carbocycles. The summed E-state index contributed by atoms with van der Waals surface area (Å²) in [5.74, 6) is 0. The van der Waals surface area contributed by atoms with Crippen molar-refractivity contribution in [1.29, 1.82) is 0 Å². The standard InChI is InChI=1S/C25H32.C12H16.C2H4.CH4/c1-7-19-20-9-8-10-22(19)25(6)16-24(25,5)15-18-12-11-17(13-21(18)20)14-23(2,3)4;1-5-9(2)12-10(3)7-6-8-11(12)4;1-2;/h8-13H,7,14-16H2,1-6H3;5-8H,1-4H3;1-2H2;1H4/b;9-5+;;. The Bertz CT molecular complexity index is 1320. The number of allylic oxidation sites excluding steroid dienone is 2. The fourth-order valence-corrected chi connectivity index (χ4v) is 6.90. The molecule has 2 bridgehead atoms. The third kappa shape index (κ3) is 6.54. The van der Waals surface area contributed by atoms with Crippen LogP contribution in [-0.2, 0) is 24.7 Å². The van der Waals surface area contributed by atoms with E-state index in [-0.39, 0.29) is 7.43 Å². The third-order valence-electron chi connectivity index (χ3n) is 9.16. The van der Waals surface area contributed by atoms with Crippen LogP contribution in [0.2, 0.25) is 0 Å². The van der Waals surface area contributed by atoms with E-state index in [1.54, 1.807) is 16.7 Å². The molecule has 0 aromatic heterocycles. The van der Waals surface area contributed by atoms with E-state index in [1.165, 1.54) is 51.8 Å². The second kappa shape index (κ2) is 12.8. The van der Waals surface area contributed by atoms with Gasteiger partial charge in [-0.2, -0.15) is 0 Å². The molecule has 0 heterocycles. The van der Waals surface area contributed by atoms with E-state index in [4.69, 9.17) is 0 Å². The number of benzene rings is 3. The summed E-state index contributed by atoms with van der Waals surface area (Å²) >= 11 is 0. The smallest absolute Gasteiger partial charge is 0.000948 e. The number of hydrogen-bond donors (Lipinski definition) is 0. The monoisotopic (exact) mass is 536 g/mol. The van der Waals surface area contributed by atoms with Crippen molar-refractivity contribution in [2.45, 2.75) is 108 Å². The molecule has 216 valence electrons. The minimum atomic E-state index is 0. The number of hydrogen-bond acceptors (Lipinski definition) is 0. The van der Waals surface area contributed by atoms with Crippen LogP contribution < -0.4 is 0 Å². The van der Waals surface area contributed by atoms with Crippen LogP contribution >= 0.6 is 0 Å². The normalized spacial score (nSPS) is 20.6. The van der Waals surface area contributed by atoms with Crippen molar-refractivity contribution in [2.75, 3.05) is 0 Å². The largest absolute Gasteiger partial charge is 0.106 e. The van der Waals surface area contributed by atoms with Crippen molar-refractivity contribution in [1.82, 2.24) is 0 Å². The predicted octanol–water partition coefficient (Wildman–Crippen LogP) is 11.9. The van der Waals surface area contributed by atoms with Crippen molar-refractivity contribution in [3.63, 3.8) is 0 Å². The van der Waals surface area contributed by atoms with E-state index >= 15 is 0 Å². The second-order valence-electron chi connectivity index (χ2n) is 13.4. The summed E-state index contributed by atoms with van der Waals surface area (Å²) in [6.07, 6.45) is 6.95. The predicted molar refractivity (Wildman–Crippen MR) is 181 cm³/mol. The average molecular weight is 537 g/mol. The van der Waals surface area contributed by atoms with Gasteiger partial charge in [-0.1, -0.05) is 110 Å². The lowest BCUT2D eigenvalue weighted by atomic mass is 9.75. The van der Waals surface area contributed by atoms with Crippen molar-refractivity contribution in [3.05, 3.63) is 113 Å². The Kier molecular flexibility index (Phi) is 10.6. The Labute approximate surface area is 247 Å². The van der Waals surface area contributed by atoms with Crippen molar-refractivity contribution >= 4 is 5.57 Å². The minimum absolute atomic E-state index is 0. The highest BCUT2D eigenvalue weighted by Gasteiger charge is 2.62. The molecule has 0 radical (unpaired) electrons. The van der Waals surface area contributed by atoms with Gasteiger partial charge in [-0.05, 0) is 125 Å². The molecular formula is C40H56. The van der Waals surface area contributed by atoms with Crippen LogP contribution in [0.25, 0.3) is 16.7 Å². The zero-order chi connectivity index (χ0) is 29.2. The lowest BCUT2D eigenvalue weighted by Gasteiger charge is -2.29. The Balaban J connectivity index is 0.000000317. The van der Waals surface area contributed by atoms with Crippen molar-refractivity contribution in [3.8, 4) is 11.1 Å². The first-order chi connectivity index (χ1) is 18.3. The molecule has 0 spiro atoms. The van der Waals surface area contributed by atoms with Gasteiger partial charge in [-0.15, -0.1) is 13.2 Å². The van der Waals surface area contributed by atoms with Gasteiger partial charge < -0.3 is 0 Å². The number of fused-ring (bicyclic) bond motifs is 6. The molecule has 0 amide bonds. The molecule has 5 rings (SSSR count). The van der Waals surface area contributed by atoms with Crippen LogP contribution in [-0.4, -0.2) is 0 Å². The highest BCUT2D eigenvalue weighted by molar-refractivity contribution is 5.75. The summed E-state index contributed by atoms with van der Waals surface area (Å²) in [4.78, 5) is 0. The number of aryl methyl sites for hydroxylation is 2. The fourth-order valence-electron chi connectivity index (χ4n) is 6.90. The Morgan fingerprint density at radius 2 is 1.52 bits per heavy atom. The first-order valence-electron chi connectivity index (χ1n) is 14.8. The SMILES string of the molecule is C.C/C=C(\C)c1c(C)cccc1C.C=C.CCc1c2cccc1C1(C)CC1(C)Cc1ccc(CC(C)(C)C)cc1-2. The van der Waals surface area contributed by atoms with Gasteiger partial charge in [0.15, 0.2) is 0 Å². The molecule has 0 heteroatoms. The molecule has 40 heavy (non-hydrogen) atoms. The van der Waals surface area contributed by atoms with Crippen LogP contribution in [0.4, 0.5) is 0 Å². The van der Waals surface area contributed by atoms with E-state index in [2.05, 4.69) is 143 Å². The molecule has 3 aromatic rings. The molecule has 0 nitrogen and oxygen atoms in total. The Morgan fingerprint density at radius 1 is 0.925 bits per heavy atom. The molecule has 0 aliphatic heterocycles. The lowest BCUT2D eigenvalue weighted by Crippen LogP contribution is -2.20. The highest BCUT2D eigenvalue weighted by Crippen LogP contribution is 2.67. The van der Waals surface area contributed by atoms with Gasteiger partial charge in [-0.3, -0.25) is 0 Å². The topological polar surface area (TPSA) is 0 Å². The summed E-state index contributed by atoms with van der Waals surface area (Å²) in [7, 11) is 0. The van der Waals surface area contributed by atoms with Crippen molar-refractivity contribution in [2.24, 2.45) is 10.8 Å². The van der Waals surface area contributed by atoms with Crippen molar-refractivity contribution < 1.29 is 0 Å². The molecule has 2 atom stereocenters. The Morgan fingerprint density at radius 3 is 2.08 bits per heavy atom. The van der Waals surface area contributed by atoms with Crippen LogP contribution in [0, 0.1) is 24.7 Å². The average Bonchev–Trinajstić information content (AvgIpc) is 3.44. The second-order valence-corrected chi connectivity index (χ2v) is 13.4. The molecule has 2 unspecified atom stereocenters. The summed E-state index contributed by atoms with van der Waals surface area (Å²) in [6, 6.07) is 20.8. The van der Waals surface area contributed by atoms with Gasteiger partial charge in [0, 0.05) is 0 Å². The lowest BCUT2D eigenvalue weighted by molar-refractivity contribution is 0.411. The first kappa shape index (κ1) is 33.3. The summed E-state index contributed by atoms with van der Waals surface area (Å²) < 4.78 is 0. The van der Waals surface area contributed by atoms with E-state index in [1.807, 2.05) is 0 Å². The van der Waals surface area contributed by atoms with E-state index in [0.29, 0.717) is 16.2 Å². The van der Waals surface area contributed by atoms with Crippen LogP contribution in [0.15, 0.2) is 73.8 Å². The van der Waals surface area contributed by atoms with E-state index in [0.717, 1.165) is 12.8 Å². The molecule has 0 N–H and O–H groups in total. The Hall–Kier alpha value is -2.86. The maximum atomic E-state index is 3.00. The minimum Gasteiger partial charge on any atom is -0.106 e.